The first-order valence-electron chi connectivity index (χ1n) is 6.56. The minimum absolute atomic E-state index is 0.0280. The molecule has 0 fully saturated rings. The molecule has 0 saturated heterocycles. The van der Waals surface area contributed by atoms with Crippen LogP contribution in [0.25, 0.3) is 0 Å². The van der Waals surface area contributed by atoms with E-state index in [2.05, 4.69) is 18.7 Å². The molecular weight excluding hydrogens is 248 g/mol. The van der Waals surface area contributed by atoms with Crippen molar-refractivity contribution < 1.29 is 5.11 Å². The zero-order valence-corrected chi connectivity index (χ0v) is 12.0. The van der Waals surface area contributed by atoms with Crippen molar-refractivity contribution in [2.45, 2.75) is 32.7 Å². The highest BCUT2D eigenvalue weighted by Gasteiger charge is 2.20. The van der Waals surface area contributed by atoms with Gasteiger partial charge in [0.1, 0.15) is 5.75 Å². The number of aromatic hydroxyl groups is 1. The van der Waals surface area contributed by atoms with E-state index in [0.717, 1.165) is 31.5 Å². The summed E-state index contributed by atoms with van der Waals surface area (Å²) in [6.45, 7) is 6.65. The van der Waals surface area contributed by atoms with E-state index in [-0.39, 0.29) is 11.8 Å². The van der Waals surface area contributed by atoms with Crippen LogP contribution in [0, 0.1) is 0 Å². The fraction of sp³-hybridized carbons (Fsp3) is 0.571. The van der Waals surface area contributed by atoms with Gasteiger partial charge in [0.25, 0.3) is 0 Å². The van der Waals surface area contributed by atoms with E-state index in [1.165, 1.54) is 0 Å². The van der Waals surface area contributed by atoms with Crippen LogP contribution >= 0.6 is 11.6 Å². The second-order valence-electron chi connectivity index (χ2n) is 4.44. The normalized spacial score (nSPS) is 12.9. The van der Waals surface area contributed by atoms with Crippen LogP contribution in [0.4, 0.5) is 0 Å². The van der Waals surface area contributed by atoms with Crippen LogP contribution in [0.5, 0.6) is 5.75 Å². The largest absolute Gasteiger partial charge is 0.508 e. The number of rotatable bonds is 7. The summed E-state index contributed by atoms with van der Waals surface area (Å²) in [6, 6.07) is 5.16. The summed E-state index contributed by atoms with van der Waals surface area (Å²) in [5, 5.41) is 10.6. The zero-order chi connectivity index (χ0) is 13.5. The van der Waals surface area contributed by atoms with Crippen LogP contribution in [-0.4, -0.2) is 29.6 Å². The SMILES string of the molecule is CCCCN(CC)C(CN)c1cc(Cl)ccc1O. The average Bonchev–Trinajstić information content (AvgIpc) is 2.38. The first-order chi connectivity index (χ1) is 8.63. The summed E-state index contributed by atoms with van der Waals surface area (Å²) >= 11 is 6.00. The molecule has 0 heterocycles. The van der Waals surface area contributed by atoms with Crippen molar-refractivity contribution in [2.24, 2.45) is 5.73 Å². The number of nitrogens with zero attached hydrogens (tertiary/aromatic N) is 1. The number of hydrogen-bond acceptors (Lipinski definition) is 3. The molecule has 0 saturated carbocycles. The molecule has 1 aromatic carbocycles. The standard InChI is InChI=1S/C14H23ClN2O/c1-3-5-8-17(4-2)13(10-16)12-9-11(15)6-7-14(12)18/h6-7,9,13,18H,3-5,8,10,16H2,1-2H3. The highest BCUT2D eigenvalue weighted by atomic mass is 35.5. The lowest BCUT2D eigenvalue weighted by Crippen LogP contribution is -2.34. The first kappa shape index (κ1) is 15.3. The van der Waals surface area contributed by atoms with Gasteiger partial charge >= 0.3 is 0 Å². The molecule has 102 valence electrons. The monoisotopic (exact) mass is 270 g/mol. The molecular formula is C14H23ClN2O. The van der Waals surface area contributed by atoms with Gasteiger partial charge in [-0.05, 0) is 37.7 Å². The molecule has 3 N–H and O–H groups in total. The number of phenolic OH excluding ortho intramolecular Hbond substituents is 1. The highest BCUT2D eigenvalue weighted by molar-refractivity contribution is 6.30. The van der Waals surface area contributed by atoms with Gasteiger partial charge in [0.15, 0.2) is 0 Å². The zero-order valence-electron chi connectivity index (χ0n) is 11.2. The van der Waals surface area contributed by atoms with E-state index in [9.17, 15) is 5.11 Å². The second kappa shape index (κ2) is 7.62. The summed E-state index contributed by atoms with van der Waals surface area (Å²) in [5.41, 5.74) is 6.70. The Morgan fingerprint density at radius 2 is 2.11 bits per heavy atom. The number of nitrogens with two attached hydrogens (primary N) is 1. The van der Waals surface area contributed by atoms with Crippen LogP contribution in [0.3, 0.4) is 0 Å². The van der Waals surface area contributed by atoms with Gasteiger partial charge in [0.2, 0.25) is 0 Å². The average molecular weight is 271 g/mol. The van der Waals surface area contributed by atoms with Gasteiger partial charge in [-0.25, -0.2) is 0 Å². The quantitative estimate of drug-likeness (QED) is 0.800. The third-order valence-corrected chi connectivity index (χ3v) is 3.45. The summed E-state index contributed by atoms with van der Waals surface area (Å²) in [6.07, 6.45) is 2.28. The van der Waals surface area contributed by atoms with Gasteiger partial charge in [0.05, 0.1) is 6.04 Å². The summed E-state index contributed by atoms with van der Waals surface area (Å²) in [4.78, 5) is 2.29. The van der Waals surface area contributed by atoms with Gasteiger partial charge in [-0.15, -0.1) is 0 Å². The van der Waals surface area contributed by atoms with E-state index in [1.807, 2.05) is 6.07 Å². The minimum atomic E-state index is 0.0280. The summed E-state index contributed by atoms with van der Waals surface area (Å²) in [5.74, 6) is 0.268. The molecule has 3 nitrogen and oxygen atoms in total. The lowest BCUT2D eigenvalue weighted by molar-refractivity contribution is 0.206. The van der Waals surface area contributed by atoms with E-state index >= 15 is 0 Å². The number of benzene rings is 1. The molecule has 1 unspecified atom stereocenters. The molecule has 1 atom stereocenters. The third kappa shape index (κ3) is 3.87. The van der Waals surface area contributed by atoms with E-state index in [1.54, 1.807) is 12.1 Å². The molecule has 0 spiro atoms. The maximum atomic E-state index is 9.97. The van der Waals surface area contributed by atoms with Crippen LogP contribution in [0.2, 0.25) is 5.02 Å². The van der Waals surface area contributed by atoms with Crippen molar-refractivity contribution in [3.8, 4) is 5.75 Å². The molecule has 4 heteroatoms. The van der Waals surface area contributed by atoms with Gasteiger partial charge in [-0.1, -0.05) is 31.9 Å². The van der Waals surface area contributed by atoms with Crippen LogP contribution < -0.4 is 5.73 Å². The Labute approximate surface area is 115 Å². The summed E-state index contributed by atoms with van der Waals surface area (Å²) in [7, 11) is 0. The van der Waals surface area contributed by atoms with Crippen LogP contribution in [0.15, 0.2) is 18.2 Å². The van der Waals surface area contributed by atoms with Gasteiger partial charge in [-0.2, -0.15) is 0 Å². The maximum absolute atomic E-state index is 9.97. The van der Waals surface area contributed by atoms with E-state index in [0.29, 0.717) is 11.6 Å². The summed E-state index contributed by atoms with van der Waals surface area (Å²) < 4.78 is 0. The Balaban J connectivity index is 2.95. The predicted octanol–water partition coefficient (Wildman–Crippen LogP) is 3.17. The van der Waals surface area contributed by atoms with E-state index < -0.39 is 0 Å². The molecule has 18 heavy (non-hydrogen) atoms. The Hall–Kier alpha value is -0.770. The number of halogens is 1. The van der Waals surface area contributed by atoms with Crippen molar-refractivity contribution in [1.82, 2.24) is 4.90 Å². The van der Waals surface area contributed by atoms with Gasteiger partial charge in [0, 0.05) is 17.1 Å². The Morgan fingerprint density at radius 3 is 2.67 bits per heavy atom. The minimum Gasteiger partial charge on any atom is -0.508 e. The van der Waals surface area contributed by atoms with Crippen molar-refractivity contribution in [1.29, 1.82) is 0 Å². The molecule has 0 aliphatic heterocycles. The van der Waals surface area contributed by atoms with Gasteiger partial charge in [-0.3, -0.25) is 4.90 Å². The van der Waals surface area contributed by atoms with Crippen molar-refractivity contribution in [3.05, 3.63) is 28.8 Å². The first-order valence-corrected chi connectivity index (χ1v) is 6.94. The Kier molecular flexibility index (Phi) is 6.47. The molecule has 1 aromatic rings. The fourth-order valence-electron chi connectivity index (χ4n) is 2.16. The van der Waals surface area contributed by atoms with Crippen molar-refractivity contribution in [2.75, 3.05) is 19.6 Å². The number of likely N-dealkylation sites (N-methyl/N-ethyl adjacent to an activating group) is 1. The Bertz CT molecular complexity index is 371. The van der Waals surface area contributed by atoms with Crippen molar-refractivity contribution in [3.63, 3.8) is 0 Å². The molecule has 0 radical (unpaired) electrons. The van der Waals surface area contributed by atoms with Crippen molar-refractivity contribution >= 4 is 11.6 Å². The second-order valence-corrected chi connectivity index (χ2v) is 4.87. The molecule has 0 aliphatic rings. The fourth-order valence-corrected chi connectivity index (χ4v) is 2.34. The predicted molar refractivity (Wildman–Crippen MR) is 77.1 cm³/mol. The van der Waals surface area contributed by atoms with Gasteiger partial charge < -0.3 is 10.8 Å². The smallest absolute Gasteiger partial charge is 0.120 e. The van der Waals surface area contributed by atoms with E-state index in [4.69, 9.17) is 17.3 Å². The maximum Gasteiger partial charge on any atom is 0.120 e. The lowest BCUT2D eigenvalue weighted by Gasteiger charge is -2.30. The number of hydrogen-bond donors (Lipinski definition) is 2. The third-order valence-electron chi connectivity index (χ3n) is 3.22. The molecule has 0 amide bonds. The topological polar surface area (TPSA) is 49.5 Å². The number of phenols is 1. The highest BCUT2D eigenvalue weighted by Crippen LogP contribution is 2.30. The molecule has 0 aromatic heterocycles. The lowest BCUT2D eigenvalue weighted by atomic mass is 10.0. The van der Waals surface area contributed by atoms with Crippen LogP contribution in [0.1, 0.15) is 38.3 Å². The van der Waals surface area contributed by atoms with Crippen LogP contribution in [-0.2, 0) is 0 Å². The molecule has 0 bridgehead atoms. The molecule has 1 rings (SSSR count). The number of unbranched alkanes of at least 4 members (excludes halogenated alkanes) is 1. The Morgan fingerprint density at radius 1 is 1.39 bits per heavy atom. The molecule has 0 aliphatic carbocycles.